The summed E-state index contributed by atoms with van der Waals surface area (Å²) >= 11 is 0. The first-order valence-corrected chi connectivity index (χ1v) is 9.89. The minimum absolute atomic E-state index is 0.980. The molecule has 0 atom stereocenters. The van der Waals surface area contributed by atoms with Crippen molar-refractivity contribution in [2.45, 2.75) is 59.8 Å². The zero-order chi connectivity index (χ0) is 19.4. The lowest BCUT2D eigenvalue weighted by atomic mass is 9.96. The van der Waals surface area contributed by atoms with Gasteiger partial charge in [0.15, 0.2) is 0 Å². The van der Waals surface area contributed by atoms with Gasteiger partial charge in [0.05, 0.1) is 5.71 Å². The smallest absolute Gasteiger partial charge is 0.0678 e. The molecule has 0 bridgehead atoms. The fourth-order valence-corrected chi connectivity index (χ4v) is 3.28. The summed E-state index contributed by atoms with van der Waals surface area (Å²) in [5, 5.41) is 0. The molecule has 0 aliphatic carbocycles. The van der Waals surface area contributed by atoms with Gasteiger partial charge >= 0.3 is 0 Å². The molecule has 1 aliphatic rings. The summed E-state index contributed by atoms with van der Waals surface area (Å²) in [5.74, 6) is 0. The number of hydrogen-bond donors (Lipinski definition) is 0. The lowest BCUT2D eigenvalue weighted by Gasteiger charge is -2.31. The number of likely N-dealkylation sites (tertiary alicyclic amines) is 1. The van der Waals surface area contributed by atoms with Crippen LogP contribution in [0.2, 0.25) is 0 Å². The van der Waals surface area contributed by atoms with Crippen LogP contribution < -0.4 is 0 Å². The van der Waals surface area contributed by atoms with E-state index in [0.717, 1.165) is 31.6 Å². The number of allylic oxidation sites excluding steroid dienone is 9. The lowest BCUT2D eigenvalue weighted by Crippen LogP contribution is -2.29. The van der Waals surface area contributed by atoms with Crippen LogP contribution in [0.5, 0.6) is 0 Å². The summed E-state index contributed by atoms with van der Waals surface area (Å²) in [6.45, 7) is 18.7. The van der Waals surface area contributed by atoms with Crippen molar-refractivity contribution in [3.63, 3.8) is 0 Å². The van der Waals surface area contributed by atoms with Crippen LogP contribution >= 0.6 is 0 Å². The highest BCUT2D eigenvalue weighted by atomic mass is 15.1. The molecule has 1 heterocycles. The van der Waals surface area contributed by atoms with Crippen LogP contribution in [-0.2, 0) is 0 Å². The molecule has 0 N–H and O–H groups in total. The minimum atomic E-state index is 0.980. The van der Waals surface area contributed by atoms with E-state index in [0.29, 0.717) is 0 Å². The van der Waals surface area contributed by atoms with Crippen LogP contribution in [0.15, 0.2) is 77.1 Å². The molecule has 1 saturated heterocycles. The van der Waals surface area contributed by atoms with Gasteiger partial charge in [-0.1, -0.05) is 51.3 Å². The van der Waals surface area contributed by atoms with Gasteiger partial charge in [-0.15, -0.1) is 0 Å². The first kappa shape index (κ1) is 22.0. The van der Waals surface area contributed by atoms with E-state index in [1.165, 1.54) is 41.7 Å². The Balaban J connectivity index is 3.24. The number of piperidine rings is 1. The highest BCUT2D eigenvalue weighted by Gasteiger charge is 2.14. The number of aliphatic imine (C=N–C) groups is 1. The quantitative estimate of drug-likeness (QED) is 0.330. The summed E-state index contributed by atoms with van der Waals surface area (Å²) in [5.41, 5.74) is 6.27. The second-order valence-corrected chi connectivity index (χ2v) is 6.64. The van der Waals surface area contributed by atoms with Crippen molar-refractivity contribution in [2.24, 2.45) is 4.99 Å². The molecule has 142 valence electrons. The maximum absolute atomic E-state index is 4.60. The SMILES string of the molecule is C=C\C=C/C=C(CC)/C(=C/C(=NC=C)/C(C)=C(\C)N1CCCCC1)CC. The van der Waals surface area contributed by atoms with Crippen molar-refractivity contribution in [1.29, 1.82) is 0 Å². The molecule has 0 spiro atoms. The van der Waals surface area contributed by atoms with E-state index < -0.39 is 0 Å². The van der Waals surface area contributed by atoms with E-state index in [1.807, 2.05) is 6.08 Å². The van der Waals surface area contributed by atoms with E-state index >= 15 is 0 Å². The Labute approximate surface area is 161 Å². The van der Waals surface area contributed by atoms with Crippen molar-refractivity contribution in [2.75, 3.05) is 13.1 Å². The maximum atomic E-state index is 4.60. The fourth-order valence-electron chi connectivity index (χ4n) is 3.28. The molecule has 0 unspecified atom stereocenters. The Morgan fingerprint density at radius 2 is 1.62 bits per heavy atom. The van der Waals surface area contributed by atoms with Gasteiger partial charge in [0, 0.05) is 25.0 Å². The largest absolute Gasteiger partial charge is 0.375 e. The Morgan fingerprint density at radius 3 is 2.15 bits per heavy atom. The van der Waals surface area contributed by atoms with Gasteiger partial charge in [-0.25, -0.2) is 0 Å². The van der Waals surface area contributed by atoms with Crippen LogP contribution in [0.3, 0.4) is 0 Å². The van der Waals surface area contributed by atoms with Crippen molar-refractivity contribution in [1.82, 2.24) is 4.90 Å². The topological polar surface area (TPSA) is 15.6 Å². The molecule has 0 saturated carbocycles. The number of nitrogens with zero attached hydrogens (tertiary/aromatic N) is 2. The standard InChI is InChI=1S/C24H36N2/c1-7-11-13-16-22(8-2)23(9-3)19-24(25-10-4)20(5)21(6)26-17-14-12-15-18-26/h7,10-11,13,16,19H,1,4,8-9,12,14-15,17-18H2,2-3,5-6H3/b13-11-,21-20+,22-16+,23-19+,25-24?. The van der Waals surface area contributed by atoms with Crippen LogP contribution in [-0.4, -0.2) is 23.7 Å². The van der Waals surface area contributed by atoms with Crippen LogP contribution in [0.25, 0.3) is 0 Å². The van der Waals surface area contributed by atoms with Gasteiger partial charge in [-0.2, -0.15) is 0 Å². The average Bonchev–Trinajstić information content (AvgIpc) is 2.68. The first-order valence-electron chi connectivity index (χ1n) is 9.89. The van der Waals surface area contributed by atoms with Gasteiger partial charge < -0.3 is 4.90 Å². The van der Waals surface area contributed by atoms with Gasteiger partial charge in [0.1, 0.15) is 0 Å². The van der Waals surface area contributed by atoms with Crippen LogP contribution in [0.1, 0.15) is 59.8 Å². The monoisotopic (exact) mass is 352 g/mol. The molecule has 1 fully saturated rings. The molecular weight excluding hydrogens is 316 g/mol. The molecule has 0 aromatic rings. The molecule has 26 heavy (non-hydrogen) atoms. The van der Waals surface area contributed by atoms with Crippen molar-refractivity contribution >= 4 is 5.71 Å². The van der Waals surface area contributed by atoms with E-state index in [1.54, 1.807) is 12.3 Å². The van der Waals surface area contributed by atoms with Gasteiger partial charge in [-0.05, 0) is 68.7 Å². The third-order valence-electron chi connectivity index (χ3n) is 5.02. The molecule has 0 radical (unpaired) electrons. The first-order chi connectivity index (χ1) is 12.6. The third kappa shape index (κ3) is 6.67. The summed E-state index contributed by atoms with van der Waals surface area (Å²) in [7, 11) is 0. The van der Waals surface area contributed by atoms with E-state index in [2.05, 4.69) is 69.0 Å². The third-order valence-corrected chi connectivity index (χ3v) is 5.02. The van der Waals surface area contributed by atoms with Crippen molar-refractivity contribution in [3.05, 3.63) is 72.2 Å². The number of hydrogen-bond acceptors (Lipinski definition) is 2. The number of rotatable bonds is 9. The van der Waals surface area contributed by atoms with Gasteiger partial charge in [-0.3, -0.25) is 4.99 Å². The second-order valence-electron chi connectivity index (χ2n) is 6.64. The summed E-state index contributed by atoms with van der Waals surface area (Å²) in [6.07, 6.45) is 17.8. The molecule has 2 nitrogen and oxygen atoms in total. The Kier molecular flexibility index (Phi) is 10.4. The molecule has 0 aromatic heterocycles. The van der Waals surface area contributed by atoms with E-state index in [-0.39, 0.29) is 0 Å². The second kappa shape index (κ2) is 12.3. The highest BCUT2D eigenvalue weighted by molar-refractivity contribution is 6.09. The van der Waals surface area contributed by atoms with Gasteiger partial charge in [0.2, 0.25) is 0 Å². The van der Waals surface area contributed by atoms with Crippen LogP contribution in [0, 0.1) is 0 Å². The molecule has 0 amide bonds. The van der Waals surface area contributed by atoms with Gasteiger partial charge in [0.25, 0.3) is 0 Å². The maximum Gasteiger partial charge on any atom is 0.0678 e. The average molecular weight is 353 g/mol. The van der Waals surface area contributed by atoms with Crippen molar-refractivity contribution < 1.29 is 0 Å². The zero-order valence-electron chi connectivity index (χ0n) is 17.2. The molecule has 1 rings (SSSR count). The highest BCUT2D eigenvalue weighted by Crippen LogP contribution is 2.22. The Bertz CT molecular complexity index is 621. The lowest BCUT2D eigenvalue weighted by molar-refractivity contribution is 0.284. The normalized spacial score (nSPS) is 18.2. The Hall–Kier alpha value is -2.09. The summed E-state index contributed by atoms with van der Waals surface area (Å²) < 4.78 is 0. The van der Waals surface area contributed by atoms with Crippen LogP contribution in [0.4, 0.5) is 0 Å². The molecule has 1 aliphatic heterocycles. The predicted molar refractivity (Wildman–Crippen MR) is 118 cm³/mol. The van der Waals surface area contributed by atoms with E-state index in [9.17, 15) is 0 Å². The summed E-state index contributed by atoms with van der Waals surface area (Å²) in [6, 6.07) is 0. The zero-order valence-corrected chi connectivity index (χ0v) is 17.2. The molecule has 0 aromatic carbocycles. The molecule has 2 heteroatoms. The predicted octanol–water partition coefficient (Wildman–Crippen LogP) is 6.77. The van der Waals surface area contributed by atoms with Crippen molar-refractivity contribution in [3.8, 4) is 0 Å². The Morgan fingerprint density at radius 1 is 0.962 bits per heavy atom. The fraction of sp³-hybridized carbons (Fsp3) is 0.458. The minimum Gasteiger partial charge on any atom is -0.375 e. The van der Waals surface area contributed by atoms with E-state index in [4.69, 9.17) is 0 Å². The summed E-state index contributed by atoms with van der Waals surface area (Å²) in [4.78, 5) is 7.10. The molecular formula is C24H36N2.